The molecule has 12 atom stereocenters. The number of benzene rings is 2. The lowest BCUT2D eigenvalue weighted by Crippen LogP contribution is -2.71. The van der Waals surface area contributed by atoms with E-state index in [2.05, 4.69) is 5.32 Å². The van der Waals surface area contributed by atoms with E-state index in [0.717, 1.165) is 23.8 Å². The van der Waals surface area contributed by atoms with E-state index >= 15 is 8.78 Å². The molecule has 16 heteroatoms. The Morgan fingerprint density at radius 1 is 1.13 bits per heavy atom. The number of aliphatic hydroxyl groups excluding tert-OH is 1. The van der Waals surface area contributed by atoms with E-state index in [0.29, 0.717) is 22.9 Å². The molecule has 4 aliphatic carbocycles. The number of rotatable bonds is 13. The molecule has 3 fully saturated rings. The van der Waals surface area contributed by atoms with Gasteiger partial charge in [0, 0.05) is 47.2 Å². The van der Waals surface area contributed by atoms with E-state index in [4.69, 9.17) is 23.0 Å². The molecule has 326 valence electrons. The normalized spacial score (nSPS) is 36.4. The molecule has 3 saturated carbocycles. The van der Waals surface area contributed by atoms with Crippen molar-refractivity contribution >= 4 is 36.5 Å². The Labute approximate surface area is 352 Å². The van der Waals surface area contributed by atoms with Crippen LogP contribution >= 0.6 is 19.6 Å². The van der Waals surface area contributed by atoms with Crippen LogP contribution in [0.5, 0.6) is 11.5 Å². The third kappa shape index (κ3) is 7.38. The second-order valence-electron chi connectivity index (χ2n) is 17.2. The summed E-state index contributed by atoms with van der Waals surface area (Å²) in [5.74, 6) is -3.12. The number of aliphatic hydroxyl groups is 1. The minimum atomic E-state index is -4.71. The number of carbonyl (C=O) groups is 3. The van der Waals surface area contributed by atoms with Crippen molar-refractivity contribution in [2.45, 2.75) is 109 Å². The van der Waals surface area contributed by atoms with Crippen molar-refractivity contribution in [3.63, 3.8) is 0 Å². The lowest BCUT2D eigenvalue weighted by atomic mass is 9.44. The van der Waals surface area contributed by atoms with Crippen molar-refractivity contribution in [3.8, 4) is 11.5 Å². The number of carbonyl (C=O) groups excluding carboxylic acids is 3. The molecule has 0 aromatic heterocycles. The monoisotopic (exact) mass is 875 g/mol. The molecule has 5 aliphatic rings. The molecule has 60 heavy (non-hydrogen) atoms. The van der Waals surface area contributed by atoms with Crippen molar-refractivity contribution < 1.29 is 60.3 Å². The SMILES string of the molecule is CCC(=O)O[C@]1(C(=O)SCF)[C@H](C)CC2C3C[C@H](F)C4=CC(=O)C=C[C@]4(C)[C@@]3(F)[C@@H](OP3(=O)OCc4cc([C@@H](O)CNC(C)Cc5ccc(OC)cc5)ccc4O3)C[C@@]21C. The van der Waals surface area contributed by atoms with Crippen molar-refractivity contribution in [3.05, 3.63) is 83.0 Å². The largest absolute Gasteiger partial charge is 0.530 e. The Morgan fingerprint density at radius 2 is 1.87 bits per heavy atom. The summed E-state index contributed by atoms with van der Waals surface area (Å²) >= 11 is 0.343. The Balaban J connectivity index is 1.18. The zero-order valence-electron chi connectivity index (χ0n) is 34.6. The molecule has 2 aromatic carbocycles. The predicted molar refractivity (Wildman–Crippen MR) is 218 cm³/mol. The standard InChI is InChI=1S/C44H53F3NO10PS/c1-7-39(51)56-44(40(52)60-24-45)25(2)16-32-33-20-35(46)34-19-30(49)14-15-41(34,4)43(33,47)38(21-42(32,44)5)58-59(53)55-23-29-18-28(10-13-37(29)57-59)36(50)22-48-26(3)17-27-8-11-31(54-6)12-9-27/h8-15,18-19,25-26,32-33,35-36,38,48,50H,7,16-17,20-24H2,1-6H3/t25-,26?,32?,33?,35+,36+,38+,41+,42+,43+,44+,59?/m1/s1. The van der Waals surface area contributed by atoms with E-state index in [1.807, 2.05) is 31.2 Å². The van der Waals surface area contributed by atoms with E-state index < -0.39 is 95.4 Å². The average Bonchev–Trinajstić information content (AvgIpc) is 3.44. The maximum atomic E-state index is 19.0. The molecule has 1 aliphatic heterocycles. The number of thioether (sulfide) groups is 1. The van der Waals surface area contributed by atoms with E-state index in [1.54, 1.807) is 40.0 Å². The number of methoxy groups -OCH3 is 1. The molecule has 1 heterocycles. The van der Waals surface area contributed by atoms with E-state index in [9.17, 15) is 28.4 Å². The van der Waals surface area contributed by atoms with Gasteiger partial charge in [-0.1, -0.05) is 45.0 Å². The average molecular weight is 876 g/mol. The highest BCUT2D eigenvalue weighted by molar-refractivity contribution is 8.13. The van der Waals surface area contributed by atoms with Gasteiger partial charge in [0.1, 0.15) is 29.8 Å². The summed E-state index contributed by atoms with van der Waals surface area (Å²) < 4.78 is 93.3. The lowest BCUT2D eigenvalue weighted by molar-refractivity contribution is -0.226. The number of phosphoric acid groups is 1. The van der Waals surface area contributed by atoms with E-state index in [-0.39, 0.29) is 49.8 Å². The van der Waals surface area contributed by atoms with Crippen LogP contribution in [0.3, 0.4) is 0 Å². The van der Waals surface area contributed by atoms with Gasteiger partial charge < -0.3 is 24.4 Å². The number of phosphoric ester groups is 1. The van der Waals surface area contributed by atoms with Gasteiger partial charge in [0.25, 0.3) is 0 Å². The molecule has 2 N–H and O–H groups in total. The minimum Gasteiger partial charge on any atom is -0.497 e. The van der Waals surface area contributed by atoms with Crippen LogP contribution in [0.2, 0.25) is 0 Å². The van der Waals surface area contributed by atoms with Gasteiger partial charge in [0.2, 0.25) is 5.12 Å². The number of nitrogens with one attached hydrogen (secondary N) is 1. The van der Waals surface area contributed by atoms with Crippen molar-refractivity contribution in [2.24, 2.45) is 28.6 Å². The van der Waals surface area contributed by atoms with Crippen LogP contribution in [0.4, 0.5) is 13.2 Å². The highest BCUT2D eigenvalue weighted by atomic mass is 32.2. The zero-order chi connectivity index (χ0) is 43.4. The van der Waals surface area contributed by atoms with Gasteiger partial charge in [0.15, 0.2) is 17.1 Å². The predicted octanol–water partition coefficient (Wildman–Crippen LogP) is 8.43. The fourth-order valence-corrected chi connectivity index (χ4v) is 13.0. The summed E-state index contributed by atoms with van der Waals surface area (Å²) in [7, 11) is -3.10. The fourth-order valence-electron chi connectivity index (χ4n) is 10.8. The number of halogens is 3. The first kappa shape index (κ1) is 44.6. The van der Waals surface area contributed by atoms with Crippen molar-refractivity contribution in [1.82, 2.24) is 5.32 Å². The molecule has 4 unspecified atom stereocenters. The van der Waals surface area contributed by atoms with Crippen LogP contribution in [-0.4, -0.2) is 71.2 Å². The number of allylic oxidation sites excluding steroid dienone is 4. The van der Waals surface area contributed by atoms with Crippen LogP contribution in [-0.2, 0) is 45.8 Å². The van der Waals surface area contributed by atoms with Gasteiger partial charge in [-0.15, -0.1) is 0 Å². The fraction of sp³-hybridized carbons (Fsp3) is 0.568. The first-order valence-electron chi connectivity index (χ1n) is 20.4. The Kier molecular flexibility index (Phi) is 12.4. The number of hydrogen-bond donors (Lipinski definition) is 2. The molecule has 0 saturated heterocycles. The number of alkyl halides is 3. The van der Waals surface area contributed by atoms with Crippen LogP contribution in [0, 0.1) is 28.6 Å². The third-order valence-corrected chi connectivity index (χ3v) is 15.9. The molecular weight excluding hydrogens is 823 g/mol. The van der Waals surface area contributed by atoms with Gasteiger partial charge in [-0.2, -0.15) is 0 Å². The number of esters is 1. The van der Waals surface area contributed by atoms with Crippen LogP contribution in [0.1, 0.15) is 83.1 Å². The summed E-state index contributed by atoms with van der Waals surface area (Å²) in [6.07, 6.45) is -0.892. The van der Waals surface area contributed by atoms with Crippen LogP contribution < -0.4 is 14.6 Å². The van der Waals surface area contributed by atoms with Gasteiger partial charge in [-0.3, -0.25) is 23.4 Å². The Hall–Kier alpha value is -3.46. The summed E-state index contributed by atoms with van der Waals surface area (Å²) in [5, 5.41) is 13.7. The van der Waals surface area contributed by atoms with Gasteiger partial charge in [-0.25, -0.2) is 17.7 Å². The molecule has 0 bridgehead atoms. The summed E-state index contributed by atoms with van der Waals surface area (Å²) in [6, 6.07) is 11.5. The van der Waals surface area contributed by atoms with Crippen LogP contribution in [0.15, 0.2) is 66.3 Å². The first-order valence-corrected chi connectivity index (χ1v) is 22.9. The lowest BCUT2D eigenvalue weighted by Gasteiger charge is -2.63. The maximum absolute atomic E-state index is 19.0. The third-order valence-electron chi connectivity index (χ3n) is 13.9. The first-order chi connectivity index (χ1) is 28.4. The number of ketones is 1. The van der Waals surface area contributed by atoms with Crippen molar-refractivity contribution in [2.75, 3.05) is 19.7 Å². The van der Waals surface area contributed by atoms with Gasteiger partial charge in [0.05, 0.1) is 19.8 Å². The van der Waals surface area contributed by atoms with Crippen LogP contribution in [0.25, 0.3) is 0 Å². The molecular formula is C44H53F3NO10PS. The summed E-state index contributed by atoms with van der Waals surface area (Å²) in [5.41, 5.74) is -5.77. The Bertz CT molecular complexity index is 2120. The Morgan fingerprint density at radius 3 is 2.55 bits per heavy atom. The number of ether oxygens (including phenoxy) is 2. The van der Waals surface area contributed by atoms with E-state index in [1.165, 1.54) is 25.1 Å². The molecule has 0 spiro atoms. The summed E-state index contributed by atoms with van der Waals surface area (Å²) in [6.45, 7) is 8.29. The molecule has 11 nitrogen and oxygen atoms in total. The molecule has 2 aromatic rings. The zero-order valence-corrected chi connectivity index (χ0v) is 36.3. The molecule has 0 amide bonds. The summed E-state index contributed by atoms with van der Waals surface area (Å²) in [4.78, 5) is 39.8. The topological polar surface area (TPSA) is 147 Å². The quantitative estimate of drug-likeness (QED) is 0.147. The van der Waals surface area contributed by atoms with Gasteiger partial charge in [-0.05, 0) is 110 Å². The highest BCUT2D eigenvalue weighted by Gasteiger charge is 2.79. The minimum absolute atomic E-state index is 0.0336. The second kappa shape index (κ2) is 16.7. The number of hydrogen-bond acceptors (Lipinski definition) is 12. The van der Waals surface area contributed by atoms with Gasteiger partial charge >= 0.3 is 13.8 Å². The maximum Gasteiger partial charge on any atom is 0.530 e. The number of fused-ring (bicyclic) bond motifs is 6. The second-order valence-corrected chi connectivity index (χ2v) is 19.7. The molecule has 7 rings (SSSR count). The smallest absolute Gasteiger partial charge is 0.497 e. The van der Waals surface area contributed by atoms with Crippen molar-refractivity contribution in [1.29, 1.82) is 0 Å². The highest BCUT2D eigenvalue weighted by Crippen LogP contribution is 2.74. The molecule has 0 radical (unpaired) electrons.